The molecule has 4 nitrogen and oxygen atoms in total. The molecule has 2 aromatic rings. The maximum absolute atomic E-state index is 13.2. The second-order valence-electron chi connectivity index (χ2n) is 7.75. The van der Waals surface area contributed by atoms with Crippen LogP contribution in [0.5, 0.6) is 5.75 Å². The van der Waals surface area contributed by atoms with Gasteiger partial charge < -0.3 is 9.64 Å². The molecule has 0 N–H and O–H groups in total. The van der Waals surface area contributed by atoms with Gasteiger partial charge in [0.15, 0.2) is 0 Å². The highest BCUT2D eigenvalue weighted by Gasteiger charge is 2.32. The zero-order chi connectivity index (χ0) is 20.8. The highest BCUT2D eigenvalue weighted by Crippen LogP contribution is 2.40. The fraction of sp³-hybridized carbons (Fsp3) is 0.435. The predicted molar refractivity (Wildman–Crippen MR) is 121 cm³/mol. The summed E-state index contributed by atoms with van der Waals surface area (Å²) in [6, 6.07) is 15.9. The molecule has 1 amide bonds. The van der Waals surface area contributed by atoms with E-state index in [2.05, 4.69) is 24.8 Å². The van der Waals surface area contributed by atoms with Crippen LogP contribution in [-0.2, 0) is 11.3 Å². The van der Waals surface area contributed by atoms with Crippen molar-refractivity contribution < 1.29 is 9.53 Å². The van der Waals surface area contributed by atoms with Crippen LogP contribution in [0.15, 0.2) is 48.5 Å². The lowest BCUT2D eigenvalue weighted by Gasteiger charge is -2.29. The number of benzene rings is 2. The van der Waals surface area contributed by atoms with Crippen LogP contribution >= 0.6 is 23.4 Å². The van der Waals surface area contributed by atoms with Gasteiger partial charge in [-0.05, 0) is 29.7 Å². The fourth-order valence-corrected chi connectivity index (χ4v) is 5.29. The molecule has 1 atom stereocenters. The Morgan fingerprint density at radius 1 is 1.28 bits per heavy atom. The zero-order valence-electron chi connectivity index (χ0n) is 17.3. The summed E-state index contributed by atoms with van der Waals surface area (Å²) < 4.78 is 5.35. The number of hydrogen-bond acceptors (Lipinski definition) is 4. The second kappa shape index (κ2) is 10.4. The Balaban J connectivity index is 1.72. The van der Waals surface area contributed by atoms with E-state index in [0.717, 1.165) is 47.3 Å². The average Bonchev–Trinajstić information content (AvgIpc) is 3.17. The minimum absolute atomic E-state index is 0.00563. The number of carbonyl (C=O) groups is 1. The summed E-state index contributed by atoms with van der Waals surface area (Å²) in [5.41, 5.74) is 2.17. The van der Waals surface area contributed by atoms with Gasteiger partial charge in [0.25, 0.3) is 0 Å². The molecule has 0 bridgehead atoms. The van der Waals surface area contributed by atoms with E-state index >= 15 is 0 Å². The van der Waals surface area contributed by atoms with Gasteiger partial charge in [0.2, 0.25) is 5.91 Å². The molecule has 6 heteroatoms. The zero-order valence-corrected chi connectivity index (χ0v) is 18.9. The summed E-state index contributed by atoms with van der Waals surface area (Å²) in [6.45, 7) is 7.10. The Morgan fingerprint density at radius 3 is 2.79 bits per heavy atom. The molecular weight excluding hydrogens is 404 g/mol. The van der Waals surface area contributed by atoms with Gasteiger partial charge in [0.05, 0.1) is 13.7 Å². The first-order valence-corrected chi connectivity index (χ1v) is 11.4. The largest absolute Gasteiger partial charge is 0.497 e. The van der Waals surface area contributed by atoms with Crippen molar-refractivity contribution in [3.8, 4) is 5.75 Å². The van der Waals surface area contributed by atoms with Crippen LogP contribution in [0.2, 0.25) is 5.02 Å². The Hall–Kier alpha value is -1.69. The van der Waals surface area contributed by atoms with Gasteiger partial charge >= 0.3 is 0 Å². The monoisotopic (exact) mass is 432 g/mol. The van der Waals surface area contributed by atoms with Crippen molar-refractivity contribution in [1.29, 1.82) is 0 Å². The molecule has 3 rings (SSSR count). The third kappa shape index (κ3) is 5.91. The van der Waals surface area contributed by atoms with Crippen molar-refractivity contribution in [3.63, 3.8) is 0 Å². The van der Waals surface area contributed by atoms with Gasteiger partial charge in [-0.15, -0.1) is 11.8 Å². The molecule has 1 saturated heterocycles. The lowest BCUT2D eigenvalue weighted by Crippen LogP contribution is -2.41. The number of hydrogen-bond donors (Lipinski definition) is 0. The van der Waals surface area contributed by atoms with Gasteiger partial charge in [-0.2, -0.15) is 0 Å². The van der Waals surface area contributed by atoms with Gasteiger partial charge in [0, 0.05) is 36.0 Å². The summed E-state index contributed by atoms with van der Waals surface area (Å²) >= 11 is 8.19. The number of amides is 1. The van der Waals surface area contributed by atoms with Crippen molar-refractivity contribution in [3.05, 3.63) is 64.7 Å². The molecule has 0 radical (unpaired) electrons. The summed E-state index contributed by atoms with van der Waals surface area (Å²) in [5.74, 6) is 2.40. The van der Waals surface area contributed by atoms with Gasteiger partial charge in [-0.1, -0.05) is 55.8 Å². The summed E-state index contributed by atoms with van der Waals surface area (Å²) in [5, 5.41) is 0.717. The van der Waals surface area contributed by atoms with E-state index in [1.54, 1.807) is 18.9 Å². The molecular formula is C23H29ClN2O2S. The third-order valence-electron chi connectivity index (χ3n) is 4.91. The normalized spacial score (nSPS) is 16.6. The SMILES string of the molecule is COc1cccc(CN(CC(=O)N2CCS[C@H]2c2ccccc2Cl)CC(C)C)c1. The van der Waals surface area contributed by atoms with Crippen LogP contribution in [0.1, 0.15) is 30.3 Å². The molecule has 0 unspecified atom stereocenters. The van der Waals surface area contributed by atoms with E-state index < -0.39 is 0 Å². The second-order valence-corrected chi connectivity index (χ2v) is 9.34. The van der Waals surface area contributed by atoms with Crippen LogP contribution in [0, 0.1) is 5.92 Å². The number of methoxy groups -OCH3 is 1. The topological polar surface area (TPSA) is 32.8 Å². The van der Waals surface area contributed by atoms with Crippen LogP contribution < -0.4 is 4.74 Å². The number of rotatable bonds is 8. The smallest absolute Gasteiger partial charge is 0.237 e. The van der Waals surface area contributed by atoms with Crippen molar-refractivity contribution in [2.45, 2.75) is 25.8 Å². The van der Waals surface area contributed by atoms with Crippen LogP contribution in [0.25, 0.3) is 0 Å². The quantitative estimate of drug-likeness (QED) is 0.582. The van der Waals surface area contributed by atoms with E-state index in [-0.39, 0.29) is 11.3 Å². The van der Waals surface area contributed by atoms with Gasteiger partial charge in [-0.25, -0.2) is 0 Å². The Morgan fingerprint density at radius 2 is 2.07 bits per heavy atom. The standard InChI is InChI=1S/C23H29ClN2O2S/c1-17(2)14-25(15-18-7-6-8-19(13-18)28-3)16-22(27)26-11-12-29-23(26)20-9-4-5-10-21(20)24/h4-10,13,17,23H,11-12,14-16H2,1-3H3/t23-/m0/s1. The maximum atomic E-state index is 13.2. The molecule has 0 saturated carbocycles. The van der Waals surface area contributed by atoms with Crippen molar-refractivity contribution in [2.75, 3.05) is 32.5 Å². The van der Waals surface area contributed by atoms with Crippen LogP contribution in [0.3, 0.4) is 0 Å². The Kier molecular flexibility index (Phi) is 7.87. The molecule has 156 valence electrons. The van der Waals surface area contributed by atoms with Gasteiger partial charge in [0.1, 0.15) is 11.1 Å². The first-order valence-electron chi connectivity index (χ1n) is 9.98. The minimum atomic E-state index is -0.00563. The van der Waals surface area contributed by atoms with Gasteiger partial charge in [-0.3, -0.25) is 9.69 Å². The molecule has 0 aliphatic carbocycles. The van der Waals surface area contributed by atoms with Crippen molar-refractivity contribution in [1.82, 2.24) is 9.80 Å². The van der Waals surface area contributed by atoms with E-state index in [9.17, 15) is 4.79 Å². The van der Waals surface area contributed by atoms with Crippen LogP contribution in [0.4, 0.5) is 0 Å². The van der Waals surface area contributed by atoms with E-state index in [1.807, 2.05) is 47.4 Å². The Bertz CT molecular complexity index is 830. The third-order valence-corrected chi connectivity index (χ3v) is 6.49. The van der Waals surface area contributed by atoms with Crippen LogP contribution in [-0.4, -0.2) is 48.2 Å². The lowest BCUT2D eigenvalue weighted by atomic mass is 10.1. The number of nitrogens with zero attached hydrogens (tertiary/aromatic N) is 2. The molecule has 0 aromatic heterocycles. The molecule has 1 aliphatic rings. The van der Waals surface area contributed by atoms with E-state index in [0.29, 0.717) is 12.5 Å². The molecule has 29 heavy (non-hydrogen) atoms. The lowest BCUT2D eigenvalue weighted by molar-refractivity contribution is -0.132. The highest BCUT2D eigenvalue weighted by molar-refractivity contribution is 7.99. The minimum Gasteiger partial charge on any atom is -0.497 e. The summed E-state index contributed by atoms with van der Waals surface area (Å²) in [7, 11) is 1.68. The molecule has 0 spiro atoms. The molecule has 2 aromatic carbocycles. The maximum Gasteiger partial charge on any atom is 0.237 e. The number of carbonyl (C=O) groups excluding carboxylic acids is 1. The average molecular weight is 433 g/mol. The van der Waals surface area contributed by atoms with Crippen molar-refractivity contribution in [2.24, 2.45) is 5.92 Å². The van der Waals surface area contributed by atoms with E-state index in [1.165, 1.54) is 0 Å². The number of thioether (sulfide) groups is 1. The Labute approximate surface area is 183 Å². The summed E-state index contributed by atoms with van der Waals surface area (Å²) in [6.07, 6.45) is 0. The fourth-order valence-electron chi connectivity index (χ4n) is 3.67. The predicted octanol–water partition coefficient (Wildman–Crippen LogP) is 5.08. The summed E-state index contributed by atoms with van der Waals surface area (Å²) in [4.78, 5) is 17.5. The number of halogens is 1. The first-order chi connectivity index (χ1) is 14.0. The molecule has 1 aliphatic heterocycles. The highest BCUT2D eigenvalue weighted by atomic mass is 35.5. The van der Waals surface area contributed by atoms with Crippen molar-refractivity contribution >= 4 is 29.3 Å². The molecule has 1 heterocycles. The molecule has 1 fully saturated rings. The first kappa shape index (κ1) is 22.0. The number of ether oxygens (including phenoxy) is 1. The van der Waals surface area contributed by atoms with E-state index in [4.69, 9.17) is 16.3 Å².